The average Bonchev–Trinajstić information content (AvgIpc) is 2.61. The van der Waals surface area contributed by atoms with Crippen LogP contribution in [0, 0.1) is 0 Å². The molecule has 2 N–H and O–H groups in total. The molecule has 1 atom stereocenters. The van der Waals surface area contributed by atoms with Crippen LogP contribution in [0.15, 0.2) is 40.9 Å². The van der Waals surface area contributed by atoms with Crippen molar-refractivity contribution < 1.29 is 19.4 Å². The molecule has 25 heavy (non-hydrogen) atoms. The van der Waals surface area contributed by atoms with Gasteiger partial charge >= 0.3 is 0 Å². The van der Waals surface area contributed by atoms with Gasteiger partial charge in [0, 0.05) is 21.7 Å². The van der Waals surface area contributed by atoms with Crippen molar-refractivity contribution in [3.05, 3.63) is 52.0 Å². The van der Waals surface area contributed by atoms with Crippen molar-refractivity contribution in [1.82, 2.24) is 0 Å². The SMILES string of the molecule is CCC[C@@H](O)c1cc2c(cc1NC(=O)c1cccc(Br)c1)OCCO2. The van der Waals surface area contributed by atoms with Gasteiger partial charge in [-0.1, -0.05) is 35.3 Å². The van der Waals surface area contributed by atoms with Gasteiger partial charge in [0.15, 0.2) is 11.5 Å². The average molecular weight is 406 g/mol. The monoisotopic (exact) mass is 405 g/mol. The van der Waals surface area contributed by atoms with Gasteiger partial charge in [-0.25, -0.2) is 0 Å². The lowest BCUT2D eigenvalue weighted by Gasteiger charge is -2.23. The number of nitrogens with one attached hydrogen (secondary N) is 1. The molecule has 6 heteroatoms. The van der Waals surface area contributed by atoms with Gasteiger partial charge in [-0.05, 0) is 30.7 Å². The molecule has 1 aliphatic rings. The van der Waals surface area contributed by atoms with Crippen LogP contribution in [-0.2, 0) is 0 Å². The summed E-state index contributed by atoms with van der Waals surface area (Å²) < 4.78 is 12.0. The van der Waals surface area contributed by atoms with Gasteiger partial charge in [-0.15, -0.1) is 0 Å². The van der Waals surface area contributed by atoms with Gasteiger partial charge < -0.3 is 19.9 Å². The van der Waals surface area contributed by atoms with Crippen molar-refractivity contribution in [2.75, 3.05) is 18.5 Å². The lowest BCUT2D eigenvalue weighted by Crippen LogP contribution is -2.18. The molecule has 0 saturated carbocycles. The first-order valence-corrected chi connectivity index (χ1v) is 9.06. The van der Waals surface area contributed by atoms with Crippen LogP contribution in [0.1, 0.15) is 41.8 Å². The zero-order valence-corrected chi connectivity index (χ0v) is 15.5. The molecule has 2 aromatic carbocycles. The standard InChI is InChI=1S/C19H20BrNO4/c1-2-4-16(22)14-10-17-18(25-8-7-24-17)11-15(14)21-19(23)12-5-3-6-13(20)9-12/h3,5-6,9-11,16,22H,2,4,7-8H2,1H3,(H,21,23)/t16-/m1/s1. The highest BCUT2D eigenvalue weighted by Crippen LogP contribution is 2.39. The van der Waals surface area contributed by atoms with Crippen LogP contribution in [0.4, 0.5) is 5.69 Å². The van der Waals surface area contributed by atoms with Crippen LogP contribution in [0.5, 0.6) is 11.5 Å². The van der Waals surface area contributed by atoms with E-state index < -0.39 is 6.10 Å². The van der Waals surface area contributed by atoms with E-state index in [0.717, 1.165) is 10.9 Å². The van der Waals surface area contributed by atoms with Gasteiger partial charge in [-0.3, -0.25) is 4.79 Å². The number of aliphatic hydroxyl groups is 1. The Kier molecular flexibility index (Phi) is 5.60. The summed E-state index contributed by atoms with van der Waals surface area (Å²) in [5.74, 6) is 0.919. The molecule has 0 aromatic heterocycles. The third-order valence-electron chi connectivity index (χ3n) is 3.97. The zero-order valence-electron chi connectivity index (χ0n) is 13.9. The third kappa shape index (κ3) is 4.14. The molecule has 132 valence electrons. The third-order valence-corrected chi connectivity index (χ3v) is 4.46. The minimum absolute atomic E-state index is 0.247. The molecule has 0 saturated heterocycles. The Morgan fingerprint density at radius 1 is 1.24 bits per heavy atom. The molecular formula is C19H20BrNO4. The largest absolute Gasteiger partial charge is 0.486 e. The van der Waals surface area contributed by atoms with Gasteiger partial charge in [0.05, 0.1) is 11.8 Å². The minimum Gasteiger partial charge on any atom is -0.486 e. The van der Waals surface area contributed by atoms with Gasteiger partial charge in [0.1, 0.15) is 13.2 Å². The quantitative estimate of drug-likeness (QED) is 0.777. The molecular weight excluding hydrogens is 386 g/mol. The number of ether oxygens (including phenoxy) is 2. The van der Waals surface area contributed by atoms with E-state index in [1.807, 2.05) is 13.0 Å². The molecule has 0 spiro atoms. The summed E-state index contributed by atoms with van der Waals surface area (Å²) in [7, 11) is 0. The van der Waals surface area contributed by atoms with Crippen molar-refractivity contribution in [3.8, 4) is 11.5 Å². The van der Waals surface area contributed by atoms with Gasteiger partial charge in [0.25, 0.3) is 5.91 Å². The smallest absolute Gasteiger partial charge is 0.255 e. The normalized spacial score (nSPS) is 14.0. The van der Waals surface area contributed by atoms with E-state index in [1.165, 1.54) is 0 Å². The molecule has 0 radical (unpaired) electrons. The summed E-state index contributed by atoms with van der Waals surface area (Å²) in [4.78, 5) is 12.6. The summed E-state index contributed by atoms with van der Waals surface area (Å²) in [6, 6.07) is 10.6. The number of amides is 1. The number of halogens is 1. The maximum atomic E-state index is 12.6. The van der Waals surface area contributed by atoms with E-state index in [9.17, 15) is 9.90 Å². The lowest BCUT2D eigenvalue weighted by atomic mass is 10.0. The predicted octanol–water partition coefficient (Wildman–Crippen LogP) is 4.31. The zero-order chi connectivity index (χ0) is 17.8. The Labute approximate surface area is 155 Å². The van der Waals surface area contributed by atoms with Crippen LogP contribution < -0.4 is 14.8 Å². The molecule has 2 aromatic rings. The first kappa shape index (κ1) is 17.8. The van der Waals surface area contributed by atoms with Crippen LogP contribution in [-0.4, -0.2) is 24.2 Å². The van der Waals surface area contributed by atoms with Crippen LogP contribution in [0.2, 0.25) is 0 Å². The number of carbonyl (C=O) groups excluding carboxylic acids is 1. The molecule has 0 fully saturated rings. The Bertz CT molecular complexity index is 778. The number of anilines is 1. The Morgan fingerprint density at radius 3 is 2.64 bits per heavy atom. The second kappa shape index (κ2) is 7.89. The molecule has 0 aliphatic carbocycles. The number of carbonyl (C=O) groups is 1. The summed E-state index contributed by atoms with van der Waals surface area (Å²) >= 11 is 3.37. The van der Waals surface area contributed by atoms with Crippen molar-refractivity contribution >= 4 is 27.5 Å². The fraction of sp³-hybridized carbons (Fsp3) is 0.316. The molecule has 0 unspecified atom stereocenters. The highest BCUT2D eigenvalue weighted by molar-refractivity contribution is 9.10. The number of aliphatic hydroxyl groups excluding tert-OH is 1. The van der Waals surface area contributed by atoms with Gasteiger partial charge in [-0.2, -0.15) is 0 Å². The van der Waals surface area contributed by atoms with E-state index in [4.69, 9.17) is 9.47 Å². The summed E-state index contributed by atoms with van der Waals surface area (Å²) in [6.45, 7) is 2.93. The van der Waals surface area contributed by atoms with Crippen LogP contribution >= 0.6 is 15.9 Å². The summed E-state index contributed by atoms with van der Waals surface area (Å²) in [5.41, 5.74) is 1.70. The molecule has 5 nitrogen and oxygen atoms in total. The van der Waals surface area contributed by atoms with E-state index in [1.54, 1.807) is 30.3 Å². The number of hydrogen-bond donors (Lipinski definition) is 2. The van der Waals surface area contributed by atoms with Crippen LogP contribution in [0.25, 0.3) is 0 Å². The topological polar surface area (TPSA) is 67.8 Å². The maximum Gasteiger partial charge on any atom is 0.255 e. The number of benzene rings is 2. The fourth-order valence-corrected chi connectivity index (χ4v) is 3.14. The van der Waals surface area contributed by atoms with Crippen molar-refractivity contribution in [3.63, 3.8) is 0 Å². The van der Waals surface area contributed by atoms with E-state index in [-0.39, 0.29) is 5.91 Å². The lowest BCUT2D eigenvalue weighted by molar-refractivity contribution is 0.102. The van der Waals surface area contributed by atoms with E-state index >= 15 is 0 Å². The Hall–Kier alpha value is -2.05. The van der Waals surface area contributed by atoms with E-state index in [2.05, 4.69) is 21.2 Å². The van der Waals surface area contributed by atoms with Gasteiger partial charge in [0.2, 0.25) is 0 Å². The highest BCUT2D eigenvalue weighted by Gasteiger charge is 2.21. The highest BCUT2D eigenvalue weighted by atomic mass is 79.9. The van der Waals surface area contributed by atoms with Crippen molar-refractivity contribution in [2.45, 2.75) is 25.9 Å². The van der Waals surface area contributed by atoms with Crippen LogP contribution in [0.3, 0.4) is 0 Å². The molecule has 1 amide bonds. The Balaban J connectivity index is 1.94. The second-order valence-electron chi connectivity index (χ2n) is 5.85. The summed E-state index contributed by atoms with van der Waals surface area (Å²) in [5, 5.41) is 13.4. The first-order chi connectivity index (χ1) is 12.1. The van der Waals surface area contributed by atoms with E-state index in [0.29, 0.717) is 47.9 Å². The number of fused-ring (bicyclic) bond motifs is 1. The molecule has 3 rings (SSSR count). The second-order valence-corrected chi connectivity index (χ2v) is 6.77. The molecule has 0 bridgehead atoms. The first-order valence-electron chi connectivity index (χ1n) is 8.27. The predicted molar refractivity (Wildman–Crippen MR) is 99.4 cm³/mol. The summed E-state index contributed by atoms with van der Waals surface area (Å²) in [6.07, 6.45) is 0.743. The van der Waals surface area contributed by atoms with Crippen molar-refractivity contribution in [1.29, 1.82) is 0 Å². The molecule has 1 aliphatic heterocycles. The van der Waals surface area contributed by atoms with Crippen molar-refractivity contribution in [2.24, 2.45) is 0 Å². The minimum atomic E-state index is -0.682. The molecule has 1 heterocycles. The Morgan fingerprint density at radius 2 is 1.96 bits per heavy atom. The fourth-order valence-electron chi connectivity index (χ4n) is 2.74. The maximum absolute atomic E-state index is 12.6. The number of hydrogen-bond acceptors (Lipinski definition) is 4. The number of rotatable bonds is 5.